The van der Waals surface area contributed by atoms with Crippen molar-refractivity contribution >= 4 is 10.9 Å². The van der Waals surface area contributed by atoms with Gasteiger partial charge in [-0.25, -0.2) is 0 Å². The maximum absolute atomic E-state index is 12.5. The summed E-state index contributed by atoms with van der Waals surface area (Å²) in [6, 6.07) is 35.0. The number of ether oxygens (including phenoxy) is 6. The molecule has 1 saturated heterocycles. The zero-order valence-corrected chi connectivity index (χ0v) is 25.2. The van der Waals surface area contributed by atoms with Crippen LogP contribution in [0.1, 0.15) is 22.3 Å². The van der Waals surface area contributed by atoms with Crippen molar-refractivity contribution in [3.05, 3.63) is 131 Å². The van der Waals surface area contributed by atoms with Gasteiger partial charge in [0.2, 0.25) is 11.7 Å². The van der Waals surface area contributed by atoms with Crippen molar-refractivity contribution in [1.29, 1.82) is 0 Å². The SMILES string of the molecule is COc1nc(OC)c2ccc([C@]3(O)O[C@H](COCc4ccccc4)[C@@H](OCc4ccccc4)[C@H]3OCc3ccccc3)cc2n1. The van der Waals surface area contributed by atoms with Crippen LogP contribution in [-0.4, -0.2) is 54.2 Å². The summed E-state index contributed by atoms with van der Waals surface area (Å²) in [6.07, 6.45) is -2.26. The average molecular weight is 609 g/mol. The average Bonchev–Trinajstić information content (AvgIpc) is 3.37. The first-order valence-corrected chi connectivity index (χ1v) is 14.8. The molecule has 1 N–H and O–H groups in total. The molecule has 9 nitrogen and oxygen atoms in total. The molecule has 45 heavy (non-hydrogen) atoms. The van der Waals surface area contributed by atoms with Gasteiger partial charge in [0.1, 0.15) is 18.3 Å². The fourth-order valence-electron chi connectivity index (χ4n) is 5.49. The molecule has 0 radical (unpaired) electrons. The molecule has 0 unspecified atom stereocenters. The Labute approximate surface area is 262 Å². The first-order chi connectivity index (χ1) is 22.1. The Morgan fingerprint density at radius 1 is 0.711 bits per heavy atom. The lowest BCUT2D eigenvalue weighted by molar-refractivity contribution is -0.253. The van der Waals surface area contributed by atoms with Gasteiger partial charge in [0.05, 0.1) is 51.6 Å². The largest absolute Gasteiger partial charge is 0.480 e. The van der Waals surface area contributed by atoms with E-state index < -0.39 is 24.1 Å². The van der Waals surface area contributed by atoms with Crippen LogP contribution >= 0.6 is 0 Å². The number of methoxy groups -OCH3 is 2. The van der Waals surface area contributed by atoms with Crippen molar-refractivity contribution in [3.63, 3.8) is 0 Å². The van der Waals surface area contributed by atoms with Crippen LogP contribution in [-0.2, 0) is 44.6 Å². The molecule has 4 atom stereocenters. The van der Waals surface area contributed by atoms with Crippen LogP contribution in [0.25, 0.3) is 10.9 Å². The summed E-state index contributed by atoms with van der Waals surface area (Å²) in [6.45, 7) is 1.08. The third-order valence-electron chi connectivity index (χ3n) is 7.76. The molecule has 0 bridgehead atoms. The van der Waals surface area contributed by atoms with E-state index in [1.54, 1.807) is 18.2 Å². The Balaban J connectivity index is 1.36. The van der Waals surface area contributed by atoms with E-state index in [1.165, 1.54) is 14.2 Å². The molecule has 0 spiro atoms. The van der Waals surface area contributed by atoms with E-state index in [4.69, 9.17) is 28.4 Å². The van der Waals surface area contributed by atoms with E-state index in [-0.39, 0.29) is 19.2 Å². The second kappa shape index (κ2) is 14.2. The number of rotatable bonds is 13. The predicted octanol–water partition coefficient (Wildman–Crippen LogP) is 5.58. The Morgan fingerprint density at radius 3 is 1.91 bits per heavy atom. The van der Waals surface area contributed by atoms with E-state index in [0.717, 1.165) is 16.7 Å². The number of hydrogen-bond donors (Lipinski definition) is 1. The molecule has 9 heteroatoms. The predicted molar refractivity (Wildman–Crippen MR) is 168 cm³/mol. The number of nitrogens with zero attached hydrogens (tertiary/aromatic N) is 2. The zero-order chi connectivity index (χ0) is 31.1. The number of benzene rings is 4. The van der Waals surface area contributed by atoms with Gasteiger partial charge in [0.25, 0.3) is 0 Å². The van der Waals surface area contributed by atoms with E-state index in [9.17, 15) is 5.11 Å². The monoisotopic (exact) mass is 608 g/mol. The lowest BCUT2D eigenvalue weighted by Crippen LogP contribution is -2.44. The van der Waals surface area contributed by atoms with Gasteiger partial charge in [0.15, 0.2) is 0 Å². The molecule has 1 fully saturated rings. The second-order valence-electron chi connectivity index (χ2n) is 10.8. The van der Waals surface area contributed by atoms with Gasteiger partial charge in [0, 0.05) is 5.56 Å². The first kappa shape index (κ1) is 30.6. The smallest absolute Gasteiger partial charge is 0.320 e. The topological polar surface area (TPSA) is 101 Å². The van der Waals surface area contributed by atoms with Gasteiger partial charge in [-0.1, -0.05) is 97.1 Å². The fourth-order valence-corrected chi connectivity index (χ4v) is 5.49. The minimum Gasteiger partial charge on any atom is -0.480 e. The third kappa shape index (κ3) is 6.98. The first-order valence-electron chi connectivity index (χ1n) is 14.8. The molecule has 4 aromatic carbocycles. The van der Waals surface area contributed by atoms with Gasteiger partial charge in [-0.15, -0.1) is 0 Å². The third-order valence-corrected chi connectivity index (χ3v) is 7.76. The molecular weight excluding hydrogens is 572 g/mol. The summed E-state index contributed by atoms with van der Waals surface area (Å²) in [5.41, 5.74) is 3.92. The Bertz CT molecular complexity index is 1670. The van der Waals surface area contributed by atoms with Crippen LogP contribution in [0.5, 0.6) is 11.9 Å². The van der Waals surface area contributed by atoms with Gasteiger partial charge in [-0.2, -0.15) is 9.97 Å². The van der Waals surface area contributed by atoms with Crippen molar-refractivity contribution in [2.75, 3.05) is 20.8 Å². The van der Waals surface area contributed by atoms with Crippen LogP contribution in [0.3, 0.4) is 0 Å². The summed E-state index contributed by atoms with van der Waals surface area (Å²) in [5.74, 6) is -1.55. The van der Waals surface area contributed by atoms with Crippen molar-refractivity contribution in [2.24, 2.45) is 0 Å². The molecular formula is C36H36N2O7. The molecule has 232 valence electrons. The lowest BCUT2D eigenvalue weighted by atomic mass is 9.96. The summed E-state index contributed by atoms with van der Waals surface area (Å²) in [7, 11) is 3.02. The van der Waals surface area contributed by atoms with E-state index in [2.05, 4.69) is 9.97 Å². The van der Waals surface area contributed by atoms with Gasteiger partial charge in [-0.3, -0.25) is 0 Å². The van der Waals surface area contributed by atoms with E-state index in [0.29, 0.717) is 35.6 Å². The van der Waals surface area contributed by atoms with Gasteiger partial charge in [-0.05, 0) is 28.8 Å². The second-order valence-corrected chi connectivity index (χ2v) is 10.8. The molecule has 0 amide bonds. The van der Waals surface area contributed by atoms with E-state index >= 15 is 0 Å². The maximum Gasteiger partial charge on any atom is 0.320 e. The van der Waals surface area contributed by atoms with E-state index in [1.807, 2.05) is 91.0 Å². The molecule has 1 aromatic heterocycles. The number of fused-ring (bicyclic) bond motifs is 1. The zero-order valence-electron chi connectivity index (χ0n) is 25.2. The van der Waals surface area contributed by atoms with Gasteiger partial charge >= 0.3 is 6.01 Å². The highest BCUT2D eigenvalue weighted by Crippen LogP contribution is 2.43. The summed E-state index contributed by atoms with van der Waals surface area (Å²) in [5, 5.41) is 13.1. The highest BCUT2D eigenvalue weighted by Gasteiger charge is 2.57. The van der Waals surface area contributed by atoms with Crippen LogP contribution < -0.4 is 9.47 Å². The molecule has 2 heterocycles. The maximum atomic E-state index is 12.5. The molecule has 5 aromatic rings. The Morgan fingerprint density at radius 2 is 1.31 bits per heavy atom. The van der Waals surface area contributed by atoms with Crippen molar-refractivity contribution < 1.29 is 33.5 Å². The summed E-state index contributed by atoms with van der Waals surface area (Å²) in [4.78, 5) is 8.79. The van der Waals surface area contributed by atoms with Crippen LogP contribution in [0.4, 0.5) is 0 Å². The quantitative estimate of drug-likeness (QED) is 0.184. The normalized spacial score (nSPS) is 21.2. The minimum absolute atomic E-state index is 0.143. The standard InChI is InChI=1S/C36H36N2O7/c1-40-34-29-19-18-28(20-30(29)37-35(38-34)41-2)36(39)33(44-23-27-16-10-5-11-17-27)32(43-22-26-14-8-4-9-15-26)31(45-36)24-42-21-25-12-6-3-7-13-25/h3-20,31-33,39H,21-24H2,1-2H3/t31-,32-,33-,36+/m1/s1. The number of aromatic nitrogens is 2. The Hall–Kier alpha value is -4.38. The molecule has 1 aliphatic rings. The highest BCUT2D eigenvalue weighted by molar-refractivity contribution is 5.84. The summed E-state index contributed by atoms with van der Waals surface area (Å²) < 4.78 is 36.5. The number of aliphatic hydroxyl groups is 1. The fraction of sp³-hybridized carbons (Fsp3) is 0.278. The van der Waals surface area contributed by atoms with Crippen molar-refractivity contribution in [1.82, 2.24) is 9.97 Å². The van der Waals surface area contributed by atoms with Crippen molar-refractivity contribution in [3.8, 4) is 11.9 Å². The van der Waals surface area contributed by atoms with Crippen LogP contribution in [0, 0.1) is 0 Å². The molecule has 0 aliphatic carbocycles. The van der Waals surface area contributed by atoms with Crippen LogP contribution in [0.2, 0.25) is 0 Å². The minimum atomic E-state index is -1.91. The number of hydrogen-bond acceptors (Lipinski definition) is 9. The summed E-state index contributed by atoms with van der Waals surface area (Å²) >= 11 is 0. The lowest BCUT2D eigenvalue weighted by Gasteiger charge is -2.31. The highest BCUT2D eigenvalue weighted by atomic mass is 16.7. The Kier molecular flexibility index (Phi) is 9.63. The molecule has 0 saturated carbocycles. The molecule has 1 aliphatic heterocycles. The van der Waals surface area contributed by atoms with Gasteiger partial charge < -0.3 is 33.5 Å². The van der Waals surface area contributed by atoms with Crippen LogP contribution in [0.15, 0.2) is 109 Å². The van der Waals surface area contributed by atoms with Crippen molar-refractivity contribution in [2.45, 2.75) is 43.9 Å². The molecule has 6 rings (SSSR count).